The summed E-state index contributed by atoms with van der Waals surface area (Å²) in [5.41, 5.74) is 3.91. The van der Waals surface area contributed by atoms with E-state index in [1.807, 2.05) is 7.05 Å². The maximum Gasteiger partial charge on any atom is 0.157 e. The zero-order valence-electron chi connectivity index (χ0n) is 10.6. The van der Waals surface area contributed by atoms with Crippen molar-refractivity contribution in [1.82, 2.24) is 15.2 Å². The first-order valence-electron chi connectivity index (χ1n) is 6.14. The van der Waals surface area contributed by atoms with E-state index in [-0.39, 0.29) is 0 Å². The van der Waals surface area contributed by atoms with Gasteiger partial charge in [0.05, 0.1) is 5.39 Å². The Hall–Kier alpha value is -1.58. The molecule has 17 heavy (non-hydrogen) atoms. The van der Waals surface area contributed by atoms with Crippen molar-refractivity contribution in [3.8, 4) is 0 Å². The van der Waals surface area contributed by atoms with E-state index in [1.165, 1.54) is 17.7 Å². The van der Waals surface area contributed by atoms with E-state index in [4.69, 9.17) is 4.98 Å². The number of hydrogen-bond acceptors (Lipinski definition) is 3. The van der Waals surface area contributed by atoms with Gasteiger partial charge >= 0.3 is 0 Å². The fourth-order valence-corrected chi connectivity index (χ4v) is 2.65. The van der Waals surface area contributed by atoms with Gasteiger partial charge in [-0.1, -0.05) is 13.8 Å². The van der Waals surface area contributed by atoms with Crippen molar-refractivity contribution in [3.63, 3.8) is 0 Å². The van der Waals surface area contributed by atoms with Crippen LogP contribution in [-0.4, -0.2) is 22.2 Å². The predicted octanol–water partition coefficient (Wildman–Crippen LogP) is 2.51. The first-order chi connectivity index (χ1) is 8.09. The Morgan fingerprint density at radius 2 is 2.24 bits per heavy atom. The highest BCUT2D eigenvalue weighted by molar-refractivity contribution is 5.87. The number of aromatic nitrogens is 3. The third-order valence-electron chi connectivity index (χ3n) is 3.66. The largest absolute Gasteiger partial charge is 0.371 e. The molecule has 0 bridgehead atoms. The number of fused-ring (bicyclic) bond motifs is 2. The molecule has 90 valence electrons. The van der Waals surface area contributed by atoms with Crippen LogP contribution in [0.5, 0.6) is 0 Å². The van der Waals surface area contributed by atoms with E-state index in [0.717, 1.165) is 29.7 Å². The topological polar surface area (TPSA) is 53.6 Å². The Balaban J connectivity index is 2.16. The van der Waals surface area contributed by atoms with Gasteiger partial charge in [-0.05, 0) is 36.3 Å². The monoisotopic (exact) mass is 230 g/mol. The Kier molecular flexibility index (Phi) is 2.15. The molecule has 2 heterocycles. The first kappa shape index (κ1) is 10.6. The molecule has 0 aliphatic heterocycles. The highest BCUT2D eigenvalue weighted by Gasteiger charge is 2.26. The normalized spacial score (nSPS) is 18.1. The minimum absolute atomic E-state index is 0.395. The molecule has 0 saturated carbocycles. The van der Waals surface area contributed by atoms with Crippen LogP contribution in [0.2, 0.25) is 0 Å². The van der Waals surface area contributed by atoms with Gasteiger partial charge in [0, 0.05) is 12.7 Å². The van der Waals surface area contributed by atoms with Gasteiger partial charge in [0.1, 0.15) is 0 Å². The van der Waals surface area contributed by atoms with Crippen molar-refractivity contribution in [2.45, 2.75) is 33.1 Å². The molecule has 0 spiro atoms. The average molecular weight is 230 g/mol. The van der Waals surface area contributed by atoms with Crippen LogP contribution >= 0.6 is 0 Å². The third-order valence-corrected chi connectivity index (χ3v) is 3.66. The van der Waals surface area contributed by atoms with Crippen LogP contribution in [0.1, 0.15) is 31.5 Å². The summed E-state index contributed by atoms with van der Waals surface area (Å²) in [6.45, 7) is 4.66. The summed E-state index contributed by atoms with van der Waals surface area (Å²) in [4.78, 5) is 4.69. The van der Waals surface area contributed by atoms with E-state index in [0.29, 0.717) is 5.41 Å². The van der Waals surface area contributed by atoms with Gasteiger partial charge in [0.25, 0.3) is 0 Å². The third kappa shape index (κ3) is 1.68. The fraction of sp³-hybridized carbons (Fsp3) is 0.538. The molecule has 0 aromatic carbocycles. The Morgan fingerprint density at radius 3 is 3.00 bits per heavy atom. The van der Waals surface area contributed by atoms with Gasteiger partial charge in [0.15, 0.2) is 11.5 Å². The maximum atomic E-state index is 4.69. The molecule has 4 heteroatoms. The second kappa shape index (κ2) is 3.45. The number of aromatic amines is 1. The Morgan fingerprint density at radius 1 is 1.41 bits per heavy atom. The first-order valence-corrected chi connectivity index (χ1v) is 6.14. The molecule has 0 atom stereocenters. The molecule has 0 saturated heterocycles. The standard InChI is InChI=1S/C13H18N4/c1-13(2)5-4-10-8(7-13)6-9-11(14-3)16-17-12(9)15-10/h6H,4-5,7H2,1-3H3,(H2,14,15,16,17). The van der Waals surface area contributed by atoms with E-state index in [1.54, 1.807) is 0 Å². The predicted molar refractivity (Wildman–Crippen MR) is 69.2 cm³/mol. The molecule has 2 N–H and O–H groups in total. The molecule has 0 radical (unpaired) electrons. The number of aryl methyl sites for hydroxylation is 1. The van der Waals surface area contributed by atoms with Crippen LogP contribution in [0.3, 0.4) is 0 Å². The van der Waals surface area contributed by atoms with Crippen LogP contribution in [0.15, 0.2) is 6.07 Å². The number of nitrogens with zero attached hydrogens (tertiary/aromatic N) is 2. The smallest absolute Gasteiger partial charge is 0.157 e. The maximum absolute atomic E-state index is 4.69. The summed E-state index contributed by atoms with van der Waals surface area (Å²) in [6, 6.07) is 2.24. The zero-order valence-corrected chi connectivity index (χ0v) is 10.6. The molecule has 1 aliphatic carbocycles. The van der Waals surface area contributed by atoms with Gasteiger partial charge in [-0.15, -0.1) is 0 Å². The van der Waals surface area contributed by atoms with Crippen molar-refractivity contribution in [1.29, 1.82) is 0 Å². The van der Waals surface area contributed by atoms with Crippen LogP contribution in [0.25, 0.3) is 11.0 Å². The highest BCUT2D eigenvalue weighted by Crippen LogP contribution is 2.35. The number of H-pyrrole nitrogens is 1. The minimum atomic E-state index is 0.395. The molecule has 2 aromatic rings. The average Bonchev–Trinajstić information content (AvgIpc) is 2.67. The number of hydrogen-bond donors (Lipinski definition) is 2. The van der Waals surface area contributed by atoms with Gasteiger partial charge in [-0.25, -0.2) is 4.98 Å². The molecule has 1 aliphatic rings. The van der Waals surface area contributed by atoms with E-state index in [2.05, 4.69) is 35.4 Å². The summed E-state index contributed by atoms with van der Waals surface area (Å²) in [6.07, 6.45) is 3.40. The summed E-state index contributed by atoms with van der Waals surface area (Å²) >= 11 is 0. The lowest BCUT2D eigenvalue weighted by Crippen LogP contribution is -2.22. The van der Waals surface area contributed by atoms with Gasteiger partial charge < -0.3 is 5.32 Å². The molecule has 4 nitrogen and oxygen atoms in total. The number of pyridine rings is 1. The second-order valence-corrected chi connectivity index (χ2v) is 5.65. The summed E-state index contributed by atoms with van der Waals surface area (Å²) < 4.78 is 0. The molecule has 0 amide bonds. The number of rotatable bonds is 1. The van der Waals surface area contributed by atoms with Crippen molar-refractivity contribution in [3.05, 3.63) is 17.3 Å². The summed E-state index contributed by atoms with van der Waals surface area (Å²) in [5.74, 6) is 0.888. The van der Waals surface area contributed by atoms with E-state index in [9.17, 15) is 0 Å². The van der Waals surface area contributed by atoms with E-state index >= 15 is 0 Å². The number of nitrogens with one attached hydrogen (secondary N) is 2. The fourth-order valence-electron chi connectivity index (χ4n) is 2.65. The van der Waals surface area contributed by atoms with Gasteiger partial charge in [-0.2, -0.15) is 5.10 Å². The second-order valence-electron chi connectivity index (χ2n) is 5.65. The lowest BCUT2D eigenvalue weighted by molar-refractivity contribution is 0.313. The molecule has 2 aromatic heterocycles. The molecule has 3 rings (SSSR count). The molecule has 0 unspecified atom stereocenters. The quantitative estimate of drug-likeness (QED) is 0.791. The van der Waals surface area contributed by atoms with Crippen LogP contribution in [0, 0.1) is 5.41 Å². The Bertz CT molecular complexity index is 568. The van der Waals surface area contributed by atoms with Crippen molar-refractivity contribution >= 4 is 16.9 Å². The van der Waals surface area contributed by atoms with Crippen molar-refractivity contribution in [2.75, 3.05) is 12.4 Å². The zero-order chi connectivity index (χ0) is 12.0. The SMILES string of the molecule is CNc1n[nH]c2nc3c(cc12)CC(C)(C)CC3. The minimum Gasteiger partial charge on any atom is -0.371 e. The van der Waals surface area contributed by atoms with Crippen LogP contribution in [0.4, 0.5) is 5.82 Å². The Labute approximate surface area is 101 Å². The van der Waals surface area contributed by atoms with Crippen molar-refractivity contribution in [2.24, 2.45) is 5.41 Å². The highest BCUT2D eigenvalue weighted by atomic mass is 15.2. The van der Waals surface area contributed by atoms with Crippen molar-refractivity contribution < 1.29 is 0 Å². The lowest BCUT2D eigenvalue weighted by atomic mass is 9.76. The summed E-state index contributed by atoms with van der Waals surface area (Å²) in [7, 11) is 1.89. The van der Waals surface area contributed by atoms with Crippen LogP contribution < -0.4 is 5.32 Å². The van der Waals surface area contributed by atoms with Crippen LogP contribution in [-0.2, 0) is 12.8 Å². The molecular weight excluding hydrogens is 212 g/mol. The molecular formula is C13H18N4. The van der Waals surface area contributed by atoms with E-state index < -0.39 is 0 Å². The number of anilines is 1. The summed E-state index contributed by atoms with van der Waals surface area (Å²) in [5, 5.41) is 11.4. The lowest BCUT2D eigenvalue weighted by Gasteiger charge is -2.30. The van der Waals surface area contributed by atoms with Gasteiger partial charge in [0.2, 0.25) is 0 Å². The molecule has 0 fully saturated rings. The van der Waals surface area contributed by atoms with Gasteiger partial charge in [-0.3, -0.25) is 5.10 Å².